The number of nitro benzene ring substituents is 1. The molecule has 0 spiro atoms. The van der Waals surface area contributed by atoms with E-state index in [-0.39, 0.29) is 11.8 Å². The molecule has 0 unspecified atom stereocenters. The van der Waals surface area contributed by atoms with E-state index < -0.39 is 4.92 Å². The second kappa shape index (κ2) is 7.69. The summed E-state index contributed by atoms with van der Waals surface area (Å²) < 4.78 is 5.50. The van der Waals surface area contributed by atoms with Crippen molar-refractivity contribution < 1.29 is 9.66 Å². The number of hydrogen-bond donors (Lipinski definition) is 1. The Morgan fingerprint density at radius 3 is 2.65 bits per heavy atom. The highest BCUT2D eigenvalue weighted by molar-refractivity contribution is 5.68. The van der Waals surface area contributed by atoms with Gasteiger partial charge in [-0.3, -0.25) is 10.1 Å². The van der Waals surface area contributed by atoms with Crippen molar-refractivity contribution in [1.82, 2.24) is 4.90 Å². The van der Waals surface area contributed by atoms with Crippen LogP contribution in [0.15, 0.2) is 18.2 Å². The average Bonchev–Trinajstić information content (AvgIpc) is 2.33. The van der Waals surface area contributed by atoms with Crippen LogP contribution in [-0.4, -0.2) is 43.1 Å². The number of nitrogens with one attached hydrogen (secondary N) is 1. The Bertz CT molecular complexity index is 447. The molecule has 1 aromatic carbocycles. The quantitative estimate of drug-likeness (QED) is 0.451. The zero-order valence-corrected chi connectivity index (χ0v) is 12.5. The summed E-state index contributed by atoms with van der Waals surface area (Å²) in [7, 11) is 4.00. The maximum Gasteiger partial charge on any atom is 0.333 e. The molecule has 20 heavy (non-hydrogen) atoms. The summed E-state index contributed by atoms with van der Waals surface area (Å²) in [5, 5.41) is 14.4. The van der Waals surface area contributed by atoms with E-state index in [0.29, 0.717) is 18.0 Å². The summed E-state index contributed by atoms with van der Waals surface area (Å²) >= 11 is 0. The molecule has 0 fully saturated rings. The molecular formula is C14H23N3O3. The van der Waals surface area contributed by atoms with Crippen molar-refractivity contribution in [1.29, 1.82) is 0 Å². The van der Waals surface area contributed by atoms with E-state index in [0.717, 1.165) is 13.0 Å². The topological polar surface area (TPSA) is 67.6 Å². The van der Waals surface area contributed by atoms with Crippen LogP contribution >= 0.6 is 0 Å². The molecule has 0 atom stereocenters. The third-order valence-corrected chi connectivity index (χ3v) is 2.64. The lowest BCUT2D eigenvalue weighted by Crippen LogP contribution is -2.17. The third-order valence-electron chi connectivity index (χ3n) is 2.64. The first-order chi connectivity index (χ1) is 9.41. The fourth-order valence-corrected chi connectivity index (χ4v) is 1.82. The van der Waals surface area contributed by atoms with Gasteiger partial charge in [-0.2, -0.15) is 0 Å². The highest BCUT2D eigenvalue weighted by atomic mass is 16.6. The maximum absolute atomic E-state index is 11.2. The van der Waals surface area contributed by atoms with Crippen LogP contribution in [-0.2, 0) is 0 Å². The predicted molar refractivity (Wildman–Crippen MR) is 80.5 cm³/mol. The Kier molecular flexibility index (Phi) is 6.24. The van der Waals surface area contributed by atoms with Crippen molar-refractivity contribution in [2.45, 2.75) is 26.4 Å². The summed E-state index contributed by atoms with van der Waals surface area (Å²) in [6.07, 6.45) is 0.817. The van der Waals surface area contributed by atoms with E-state index >= 15 is 0 Å². The fourth-order valence-electron chi connectivity index (χ4n) is 1.82. The summed E-state index contributed by atoms with van der Waals surface area (Å²) in [4.78, 5) is 12.9. The zero-order valence-electron chi connectivity index (χ0n) is 12.5. The largest absolute Gasteiger partial charge is 0.484 e. The van der Waals surface area contributed by atoms with Gasteiger partial charge in [0.15, 0.2) is 5.75 Å². The Labute approximate surface area is 119 Å². The van der Waals surface area contributed by atoms with Gasteiger partial charge in [0.1, 0.15) is 5.69 Å². The van der Waals surface area contributed by atoms with Crippen molar-refractivity contribution in [3.05, 3.63) is 28.3 Å². The van der Waals surface area contributed by atoms with Gasteiger partial charge in [-0.1, -0.05) is 6.07 Å². The third kappa shape index (κ3) is 5.05. The first-order valence-electron chi connectivity index (χ1n) is 6.74. The minimum atomic E-state index is -0.397. The molecule has 0 saturated carbocycles. The molecule has 0 aliphatic carbocycles. The summed E-state index contributed by atoms with van der Waals surface area (Å²) in [5.74, 6) is 0.308. The second-order valence-corrected chi connectivity index (χ2v) is 5.16. The average molecular weight is 281 g/mol. The van der Waals surface area contributed by atoms with Crippen LogP contribution in [0.5, 0.6) is 5.75 Å². The number of rotatable bonds is 8. The van der Waals surface area contributed by atoms with Crippen LogP contribution in [0.4, 0.5) is 11.4 Å². The van der Waals surface area contributed by atoms with Gasteiger partial charge in [0.05, 0.1) is 11.0 Å². The van der Waals surface area contributed by atoms with Gasteiger partial charge >= 0.3 is 5.69 Å². The number of benzene rings is 1. The molecule has 112 valence electrons. The molecule has 0 bridgehead atoms. The molecule has 0 heterocycles. The fraction of sp³-hybridized carbons (Fsp3) is 0.571. The molecular weight excluding hydrogens is 258 g/mol. The number of hydrogen-bond acceptors (Lipinski definition) is 5. The molecule has 0 aliphatic heterocycles. The molecule has 1 rings (SSSR count). The van der Waals surface area contributed by atoms with Crippen LogP contribution in [0, 0.1) is 10.1 Å². The van der Waals surface area contributed by atoms with Gasteiger partial charge < -0.3 is 15.0 Å². The van der Waals surface area contributed by atoms with Crippen molar-refractivity contribution in [2.75, 3.05) is 32.5 Å². The molecule has 1 aromatic rings. The Balaban J connectivity index is 2.81. The lowest BCUT2D eigenvalue weighted by Gasteiger charge is -2.14. The molecule has 0 aliphatic rings. The van der Waals surface area contributed by atoms with Crippen LogP contribution < -0.4 is 10.1 Å². The number of nitrogens with zero attached hydrogens (tertiary/aromatic N) is 2. The lowest BCUT2D eigenvalue weighted by atomic mass is 10.2. The molecule has 0 aromatic heterocycles. The van der Waals surface area contributed by atoms with Crippen molar-refractivity contribution in [2.24, 2.45) is 0 Å². The minimum absolute atomic E-state index is 0.00560. The second-order valence-electron chi connectivity index (χ2n) is 5.16. The van der Waals surface area contributed by atoms with E-state index in [2.05, 4.69) is 10.2 Å². The van der Waals surface area contributed by atoms with E-state index in [4.69, 9.17) is 4.74 Å². The standard InChI is InChI=1S/C14H23N3O3/c1-11(2)20-13-8-5-7-12(14(13)17(18)19)15-9-6-10-16(3)4/h5,7-8,11,15H,6,9-10H2,1-4H3. The van der Waals surface area contributed by atoms with E-state index in [1.165, 1.54) is 0 Å². The highest BCUT2D eigenvalue weighted by Gasteiger charge is 2.21. The lowest BCUT2D eigenvalue weighted by molar-refractivity contribution is -0.385. The molecule has 0 saturated heterocycles. The SMILES string of the molecule is CC(C)Oc1cccc(NCCCN(C)C)c1[N+](=O)[O-]. The molecule has 0 radical (unpaired) electrons. The number of ether oxygens (including phenoxy) is 1. The Morgan fingerprint density at radius 1 is 1.40 bits per heavy atom. The molecule has 6 heteroatoms. The zero-order chi connectivity index (χ0) is 15.1. The summed E-state index contributed by atoms with van der Waals surface area (Å²) in [6, 6.07) is 5.10. The molecule has 6 nitrogen and oxygen atoms in total. The highest BCUT2D eigenvalue weighted by Crippen LogP contribution is 2.35. The normalized spacial score (nSPS) is 10.9. The molecule has 0 amide bonds. The monoisotopic (exact) mass is 281 g/mol. The summed E-state index contributed by atoms with van der Waals surface area (Å²) in [6.45, 7) is 5.31. The number of nitro groups is 1. The van der Waals surface area contributed by atoms with Gasteiger partial charge in [-0.25, -0.2) is 0 Å². The Hall–Kier alpha value is -1.82. The number of anilines is 1. The van der Waals surface area contributed by atoms with Gasteiger partial charge in [-0.15, -0.1) is 0 Å². The number of para-hydroxylation sites is 1. The van der Waals surface area contributed by atoms with Gasteiger partial charge in [-0.05, 0) is 53.0 Å². The van der Waals surface area contributed by atoms with E-state index in [1.54, 1.807) is 18.2 Å². The van der Waals surface area contributed by atoms with Crippen molar-refractivity contribution >= 4 is 11.4 Å². The van der Waals surface area contributed by atoms with Gasteiger partial charge in [0.25, 0.3) is 0 Å². The summed E-state index contributed by atoms with van der Waals surface area (Å²) in [5.41, 5.74) is 0.512. The van der Waals surface area contributed by atoms with Crippen LogP contribution in [0.2, 0.25) is 0 Å². The molecule has 1 N–H and O–H groups in total. The van der Waals surface area contributed by atoms with E-state index in [1.807, 2.05) is 27.9 Å². The minimum Gasteiger partial charge on any atom is -0.484 e. The van der Waals surface area contributed by atoms with E-state index in [9.17, 15) is 10.1 Å². The van der Waals surface area contributed by atoms with Gasteiger partial charge in [0, 0.05) is 6.54 Å². The van der Waals surface area contributed by atoms with Crippen LogP contribution in [0.1, 0.15) is 20.3 Å². The first-order valence-corrected chi connectivity index (χ1v) is 6.74. The van der Waals surface area contributed by atoms with Crippen molar-refractivity contribution in [3.8, 4) is 5.75 Å². The van der Waals surface area contributed by atoms with Crippen molar-refractivity contribution in [3.63, 3.8) is 0 Å². The van der Waals surface area contributed by atoms with Gasteiger partial charge in [0.2, 0.25) is 0 Å². The predicted octanol–water partition coefficient (Wildman–Crippen LogP) is 2.75. The smallest absolute Gasteiger partial charge is 0.333 e. The Morgan fingerprint density at radius 2 is 2.10 bits per heavy atom. The van der Waals surface area contributed by atoms with Crippen LogP contribution in [0.3, 0.4) is 0 Å². The van der Waals surface area contributed by atoms with Crippen LogP contribution in [0.25, 0.3) is 0 Å². The maximum atomic E-state index is 11.2. The first kappa shape index (κ1) is 16.2.